The Morgan fingerprint density at radius 3 is 2.61 bits per heavy atom. The van der Waals surface area contributed by atoms with Crippen molar-refractivity contribution in [2.24, 2.45) is 0 Å². The van der Waals surface area contributed by atoms with Crippen molar-refractivity contribution in [2.75, 3.05) is 19.7 Å². The summed E-state index contributed by atoms with van der Waals surface area (Å²) in [7, 11) is 0. The summed E-state index contributed by atoms with van der Waals surface area (Å²) in [5.41, 5.74) is 0.389. The highest BCUT2D eigenvalue weighted by atomic mass is 19.4. The Hall–Kier alpha value is -1.14. The molecule has 0 amide bonds. The molecule has 18 heavy (non-hydrogen) atoms. The van der Waals surface area contributed by atoms with E-state index in [0.29, 0.717) is 12.1 Å². The molecule has 0 saturated heterocycles. The number of likely N-dealkylation sites (N-methyl/N-ethyl adjacent to an activating group) is 1. The van der Waals surface area contributed by atoms with Gasteiger partial charge in [-0.25, -0.2) is 4.39 Å². The van der Waals surface area contributed by atoms with E-state index >= 15 is 0 Å². The molecule has 0 aliphatic heterocycles. The van der Waals surface area contributed by atoms with E-state index in [1.54, 1.807) is 6.07 Å². The molecule has 1 unspecified atom stereocenters. The number of ether oxygens (including phenoxy) is 1. The summed E-state index contributed by atoms with van der Waals surface area (Å²) in [6.07, 6.45) is -5.21. The van der Waals surface area contributed by atoms with Gasteiger partial charge in [0.05, 0.1) is 6.10 Å². The molecule has 1 aromatic rings. The molecule has 102 valence electrons. The van der Waals surface area contributed by atoms with Gasteiger partial charge in [0.25, 0.3) is 0 Å². The van der Waals surface area contributed by atoms with Gasteiger partial charge in [-0.3, -0.25) is 0 Å². The van der Waals surface area contributed by atoms with Gasteiger partial charge in [0.15, 0.2) is 0 Å². The first-order valence-electron chi connectivity index (χ1n) is 5.57. The fourth-order valence-electron chi connectivity index (χ4n) is 1.45. The molecule has 0 fully saturated rings. The van der Waals surface area contributed by atoms with Crippen LogP contribution in [0.4, 0.5) is 17.6 Å². The van der Waals surface area contributed by atoms with E-state index < -0.39 is 24.7 Å². The van der Waals surface area contributed by atoms with Crippen LogP contribution in [0.3, 0.4) is 0 Å². The summed E-state index contributed by atoms with van der Waals surface area (Å²) in [6, 6.07) is 5.40. The van der Waals surface area contributed by atoms with Crippen molar-refractivity contribution >= 4 is 0 Å². The van der Waals surface area contributed by atoms with Gasteiger partial charge in [0.2, 0.25) is 0 Å². The number of alkyl halides is 3. The minimum atomic E-state index is -4.39. The zero-order chi connectivity index (χ0) is 13.6. The molecule has 0 spiro atoms. The summed E-state index contributed by atoms with van der Waals surface area (Å²) in [5.74, 6) is -0.496. The van der Waals surface area contributed by atoms with Crippen LogP contribution >= 0.6 is 0 Å². The molecule has 1 N–H and O–H groups in total. The van der Waals surface area contributed by atoms with Crippen molar-refractivity contribution in [3.05, 3.63) is 35.6 Å². The Labute approximate surface area is 103 Å². The van der Waals surface area contributed by atoms with Crippen molar-refractivity contribution in [1.82, 2.24) is 5.32 Å². The molecule has 1 aromatic carbocycles. The van der Waals surface area contributed by atoms with Crippen LogP contribution in [-0.2, 0) is 4.74 Å². The van der Waals surface area contributed by atoms with Crippen LogP contribution in [0.25, 0.3) is 0 Å². The first-order valence-corrected chi connectivity index (χ1v) is 5.57. The van der Waals surface area contributed by atoms with Crippen LogP contribution in [0, 0.1) is 5.82 Å². The highest BCUT2D eigenvalue weighted by Crippen LogP contribution is 2.22. The van der Waals surface area contributed by atoms with E-state index in [1.165, 1.54) is 18.2 Å². The number of benzene rings is 1. The highest BCUT2D eigenvalue weighted by molar-refractivity contribution is 5.19. The lowest BCUT2D eigenvalue weighted by molar-refractivity contribution is -0.185. The number of nitrogens with one attached hydrogen (secondary N) is 1. The van der Waals surface area contributed by atoms with Crippen LogP contribution in [0.5, 0.6) is 0 Å². The molecule has 2 nitrogen and oxygen atoms in total. The van der Waals surface area contributed by atoms with Crippen LogP contribution < -0.4 is 5.32 Å². The fraction of sp³-hybridized carbons (Fsp3) is 0.500. The fourth-order valence-corrected chi connectivity index (χ4v) is 1.45. The van der Waals surface area contributed by atoms with E-state index in [0.717, 1.165) is 0 Å². The monoisotopic (exact) mass is 265 g/mol. The summed E-state index contributed by atoms with van der Waals surface area (Å²) in [6.45, 7) is 1.28. The van der Waals surface area contributed by atoms with Crippen molar-refractivity contribution in [3.8, 4) is 0 Å². The normalized spacial score (nSPS) is 13.6. The summed E-state index contributed by atoms with van der Waals surface area (Å²) < 4.78 is 54.2. The average molecular weight is 265 g/mol. The van der Waals surface area contributed by atoms with Crippen LogP contribution in [0.1, 0.15) is 18.6 Å². The van der Waals surface area contributed by atoms with Crippen LogP contribution in [0.15, 0.2) is 24.3 Å². The van der Waals surface area contributed by atoms with Gasteiger partial charge in [-0.15, -0.1) is 0 Å². The molecule has 0 saturated carbocycles. The van der Waals surface area contributed by atoms with E-state index in [-0.39, 0.29) is 6.54 Å². The van der Waals surface area contributed by atoms with Gasteiger partial charge in [0.1, 0.15) is 12.4 Å². The van der Waals surface area contributed by atoms with Gasteiger partial charge >= 0.3 is 6.18 Å². The quantitative estimate of drug-likeness (QED) is 0.798. The lowest BCUT2D eigenvalue weighted by Gasteiger charge is -2.19. The van der Waals surface area contributed by atoms with E-state index in [4.69, 9.17) is 4.74 Å². The van der Waals surface area contributed by atoms with E-state index in [9.17, 15) is 17.6 Å². The minimum Gasteiger partial charge on any atom is -0.363 e. The third kappa shape index (κ3) is 5.46. The number of halogens is 4. The topological polar surface area (TPSA) is 21.3 Å². The summed E-state index contributed by atoms with van der Waals surface area (Å²) in [4.78, 5) is 0. The number of hydrogen-bond donors (Lipinski definition) is 1. The van der Waals surface area contributed by atoms with E-state index in [2.05, 4.69) is 5.32 Å². The summed E-state index contributed by atoms with van der Waals surface area (Å²) in [5, 5.41) is 2.89. The minimum absolute atomic E-state index is 0.204. The Morgan fingerprint density at radius 2 is 2.06 bits per heavy atom. The van der Waals surface area contributed by atoms with Crippen molar-refractivity contribution in [1.29, 1.82) is 0 Å². The third-order valence-electron chi connectivity index (χ3n) is 2.25. The van der Waals surface area contributed by atoms with Gasteiger partial charge < -0.3 is 10.1 Å². The molecule has 0 aliphatic rings. The zero-order valence-electron chi connectivity index (χ0n) is 9.93. The van der Waals surface area contributed by atoms with Crippen molar-refractivity contribution in [3.63, 3.8) is 0 Å². The average Bonchev–Trinajstić information content (AvgIpc) is 2.28. The van der Waals surface area contributed by atoms with Crippen LogP contribution in [0.2, 0.25) is 0 Å². The van der Waals surface area contributed by atoms with Crippen LogP contribution in [-0.4, -0.2) is 25.9 Å². The molecule has 0 aromatic heterocycles. The second-order valence-electron chi connectivity index (χ2n) is 3.78. The largest absolute Gasteiger partial charge is 0.411 e. The number of rotatable bonds is 6. The molecule has 0 aliphatic carbocycles. The molecule has 0 radical (unpaired) electrons. The Balaban J connectivity index is 2.71. The molecule has 1 rings (SSSR count). The standard InChI is InChI=1S/C12H15F4NO/c1-2-17-7-11(18-8-12(14,15)16)9-4-3-5-10(13)6-9/h3-6,11,17H,2,7-8H2,1H3. The van der Waals surface area contributed by atoms with Gasteiger partial charge in [-0.2, -0.15) is 13.2 Å². The second kappa shape index (κ2) is 6.70. The zero-order valence-corrected chi connectivity index (χ0v) is 9.93. The molecule has 0 bridgehead atoms. The molecule has 6 heteroatoms. The molecular formula is C12H15F4NO. The number of hydrogen-bond acceptors (Lipinski definition) is 2. The lowest BCUT2D eigenvalue weighted by atomic mass is 10.1. The maximum absolute atomic E-state index is 13.0. The van der Waals surface area contributed by atoms with Crippen molar-refractivity contribution in [2.45, 2.75) is 19.2 Å². The summed E-state index contributed by atoms with van der Waals surface area (Å²) >= 11 is 0. The van der Waals surface area contributed by atoms with Gasteiger partial charge in [-0.1, -0.05) is 19.1 Å². The Morgan fingerprint density at radius 1 is 1.33 bits per heavy atom. The maximum Gasteiger partial charge on any atom is 0.411 e. The SMILES string of the molecule is CCNCC(OCC(F)(F)F)c1cccc(F)c1. The first kappa shape index (κ1) is 14.9. The maximum atomic E-state index is 13.0. The Bertz CT molecular complexity index is 367. The third-order valence-corrected chi connectivity index (χ3v) is 2.25. The van der Waals surface area contributed by atoms with Gasteiger partial charge in [0, 0.05) is 6.54 Å². The lowest BCUT2D eigenvalue weighted by Crippen LogP contribution is -2.27. The predicted octanol–water partition coefficient (Wildman–Crippen LogP) is 3.06. The second-order valence-corrected chi connectivity index (χ2v) is 3.78. The molecule has 1 atom stereocenters. The van der Waals surface area contributed by atoms with E-state index in [1.807, 2.05) is 6.92 Å². The van der Waals surface area contributed by atoms with Crippen molar-refractivity contribution < 1.29 is 22.3 Å². The highest BCUT2D eigenvalue weighted by Gasteiger charge is 2.29. The smallest absolute Gasteiger partial charge is 0.363 e. The molecular weight excluding hydrogens is 250 g/mol. The molecule has 0 heterocycles. The predicted molar refractivity (Wildman–Crippen MR) is 59.7 cm³/mol. The first-order chi connectivity index (χ1) is 8.42. The Kier molecular flexibility index (Phi) is 5.55. The van der Waals surface area contributed by atoms with Gasteiger partial charge in [-0.05, 0) is 24.2 Å².